The molecule has 21 heavy (non-hydrogen) atoms. The van der Waals surface area contributed by atoms with Crippen LogP contribution in [0.3, 0.4) is 0 Å². The van der Waals surface area contributed by atoms with Crippen molar-refractivity contribution in [2.45, 2.75) is 65.7 Å². The molecule has 1 aliphatic rings. The summed E-state index contributed by atoms with van der Waals surface area (Å²) in [7, 11) is 0. The lowest BCUT2D eigenvalue weighted by Gasteiger charge is -2.30. The number of nitrogens with one attached hydrogen (secondary N) is 1. The van der Waals surface area contributed by atoms with Crippen molar-refractivity contribution in [3.63, 3.8) is 0 Å². The Morgan fingerprint density at radius 1 is 1.38 bits per heavy atom. The summed E-state index contributed by atoms with van der Waals surface area (Å²) in [6.45, 7) is 10.2. The molecule has 1 fully saturated rings. The number of hydrogen-bond donors (Lipinski definition) is 1. The summed E-state index contributed by atoms with van der Waals surface area (Å²) in [5, 5.41) is 11.5. The molecular formula is C15H27N5O. The molecule has 6 heteroatoms. The summed E-state index contributed by atoms with van der Waals surface area (Å²) < 4.78 is 1.63. The number of amides is 1. The Balaban J connectivity index is 1.83. The van der Waals surface area contributed by atoms with Gasteiger partial charge in [-0.25, -0.2) is 4.68 Å². The molecule has 0 atom stereocenters. The Morgan fingerprint density at radius 2 is 2.05 bits per heavy atom. The Kier molecular flexibility index (Phi) is 5.33. The molecule has 0 spiro atoms. The normalized spacial score (nSPS) is 15.0. The van der Waals surface area contributed by atoms with E-state index in [-0.39, 0.29) is 24.5 Å². The lowest BCUT2D eigenvalue weighted by Crippen LogP contribution is -2.43. The predicted octanol–water partition coefficient (Wildman–Crippen LogP) is 1.42. The van der Waals surface area contributed by atoms with Crippen LogP contribution in [-0.2, 0) is 17.9 Å². The zero-order valence-electron chi connectivity index (χ0n) is 13.5. The van der Waals surface area contributed by atoms with E-state index in [1.165, 1.54) is 12.8 Å². The van der Waals surface area contributed by atoms with E-state index in [0.717, 1.165) is 24.7 Å². The fraction of sp³-hybridized carbons (Fsp3) is 0.800. The number of nitrogens with zero attached hydrogens (tertiary/aromatic N) is 4. The third kappa shape index (κ3) is 4.81. The van der Waals surface area contributed by atoms with Gasteiger partial charge in [0.2, 0.25) is 5.91 Å². The van der Waals surface area contributed by atoms with Crippen LogP contribution in [0.2, 0.25) is 0 Å². The standard InChI is InChI=1S/C15H27N5O/c1-11(2)20(12(3)4)15(21)10-19-9-14(17-18-19)8-16-7-13-5-6-13/h9,11-13,16H,5-8,10H2,1-4H3. The summed E-state index contributed by atoms with van der Waals surface area (Å²) in [4.78, 5) is 14.2. The van der Waals surface area contributed by atoms with Crippen molar-refractivity contribution < 1.29 is 4.79 Å². The monoisotopic (exact) mass is 293 g/mol. The van der Waals surface area contributed by atoms with Crippen LogP contribution in [0.1, 0.15) is 46.2 Å². The molecular weight excluding hydrogens is 266 g/mol. The van der Waals surface area contributed by atoms with Gasteiger partial charge in [0.25, 0.3) is 0 Å². The van der Waals surface area contributed by atoms with Gasteiger partial charge in [0, 0.05) is 18.6 Å². The molecule has 0 unspecified atom stereocenters. The summed E-state index contributed by atoms with van der Waals surface area (Å²) in [6, 6.07) is 0.390. The van der Waals surface area contributed by atoms with Crippen LogP contribution in [0.5, 0.6) is 0 Å². The van der Waals surface area contributed by atoms with Gasteiger partial charge in [-0.15, -0.1) is 5.10 Å². The van der Waals surface area contributed by atoms with Crippen LogP contribution in [0, 0.1) is 5.92 Å². The Labute approximate surface area is 126 Å². The highest BCUT2D eigenvalue weighted by Gasteiger charge is 2.21. The molecule has 1 aliphatic carbocycles. The first-order chi connectivity index (χ1) is 9.97. The Bertz CT molecular complexity index is 456. The van der Waals surface area contributed by atoms with Crippen molar-refractivity contribution in [1.82, 2.24) is 25.2 Å². The van der Waals surface area contributed by atoms with Crippen molar-refractivity contribution in [3.8, 4) is 0 Å². The van der Waals surface area contributed by atoms with Crippen molar-refractivity contribution in [2.24, 2.45) is 5.92 Å². The van der Waals surface area contributed by atoms with E-state index in [1.54, 1.807) is 4.68 Å². The molecule has 1 N–H and O–H groups in total. The van der Waals surface area contributed by atoms with E-state index in [2.05, 4.69) is 15.6 Å². The average molecular weight is 293 g/mol. The smallest absolute Gasteiger partial charge is 0.244 e. The molecule has 1 heterocycles. The minimum Gasteiger partial charge on any atom is -0.336 e. The zero-order valence-corrected chi connectivity index (χ0v) is 13.5. The molecule has 1 aromatic rings. The van der Waals surface area contributed by atoms with Crippen molar-refractivity contribution in [1.29, 1.82) is 0 Å². The minimum absolute atomic E-state index is 0.0855. The minimum atomic E-state index is 0.0855. The van der Waals surface area contributed by atoms with E-state index >= 15 is 0 Å². The van der Waals surface area contributed by atoms with E-state index in [1.807, 2.05) is 38.8 Å². The first-order valence-electron chi connectivity index (χ1n) is 7.88. The fourth-order valence-corrected chi connectivity index (χ4v) is 2.62. The predicted molar refractivity (Wildman–Crippen MR) is 81.6 cm³/mol. The molecule has 0 saturated heterocycles. The van der Waals surface area contributed by atoms with E-state index in [0.29, 0.717) is 0 Å². The molecule has 2 rings (SSSR count). The molecule has 1 aromatic heterocycles. The van der Waals surface area contributed by atoms with Crippen LogP contribution >= 0.6 is 0 Å². The van der Waals surface area contributed by atoms with Crippen LogP contribution in [0.25, 0.3) is 0 Å². The second-order valence-electron chi connectivity index (χ2n) is 6.47. The van der Waals surface area contributed by atoms with Crippen LogP contribution < -0.4 is 5.32 Å². The van der Waals surface area contributed by atoms with Gasteiger partial charge in [-0.1, -0.05) is 5.21 Å². The van der Waals surface area contributed by atoms with Crippen molar-refractivity contribution in [3.05, 3.63) is 11.9 Å². The van der Waals surface area contributed by atoms with Gasteiger partial charge in [-0.2, -0.15) is 0 Å². The van der Waals surface area contributed by atoms with E-state index < -0.39 is 0 Å². The van der Waals surface area contributed by atoms with Gasteiger partial charge >= 0.3 is 0 Å². The van der Waals surface area contributed by atoms with Gasteiger partial charge in [0.15, 0.2) is 0 Å². The van der Waals surface area contributed by atoms with Gasteiger partial charge in [-0.3, -0.25) is 4.79 Å². The Hall–Kier alpha value is -1.43. The molecule has 0 aromatic carbocycles. The van der Waals surface area contributed by atoms with Crippen LogP contribution in [-0.4, -0.2) is 44.4 Å². The maximum absolute atomic E-state index is 12.3. The summed E-state index contributed by atoms with van der Waals surface area (Å²) in [5.41, 5.74) is 0.893. The molecule has 0 aliphatic heterocycles. The van der Waals surface area contributed by atoms with Gasteiger partial charge in [-0.05, 0) is 53.0 Å². The molecule has 118 valence electrons. The summed E-state index contributed by atoms with van der Waals surface area (Å²) in [5.74, 6) is 0.939. The number of carbonyl (C=O) groups is 1. The maximum atomic E-state index is 12.3. The second-order valence-corrected chi connectivity index (χ2v) is 6.47. The largest absolute Gasteiger partial charge is 0.336 e. The van der Waals surface area contributed by atoms with Crippen LogP contribution in [0.15, 0.2) is 6.20 Å². The molecule has 1 saturated carbocycles. The van der Waals surface area contributed by atoms with E-state index in [4.69, 9.17) is 0 Å². The molecule has 0 radical (unpaired) electrons. The number of aromatic nitrogens is 3. The third-order valence-corrected chi connectivity index (χ3v) is 3.72. The van der Waals surface area contributed by atoms with E-state index in [9.17, 15) is 4.79 Å². The first kappa shape index (κ1) is 15.9. The van der Waals surface area contributed by atoms with Gasteiger partial charge in [0.1, 0.15) is 6.54 Å². The fourth-order valence-electron chi connectivity index (χ4n) is 2.62. The zero-order chi connectivity index (χ0) is 15.4. The highest BCUT2D eigenvalue weighted by Crippen LogP contribution is 2.27. The highest BCUT2D eigenvalue weighted by molar-refractivity contribution is 5.76. The van der Waals surface area contributed by atoms with Crippen molar-refractivity contribution >= 4 is 5.91 Å². The maximum Gasteiger partial charge on any atom is 0.244 e. The first-order valence-corrected chi connectivity index (χ1v) is 7.88. The Morgan fingerprint density at radius 3 is 2.62 bits per heavy atom. The van der Waals surface area contributed by atoms with Gasteiger partial charge < -0.3 is 10.2 Å². The molecule has 1 amide bonds. The quantitative estimate of drug-likeness (QED) is 0.787. The topological polar surface area (TPSA) is 63.1 Å². The average Bonchev–Trinajstić information content (AvgIpc) is 3.09. The number of rotatable bonds is 8. The lowest BCUT2D eigenvalue weighted by atomic mass is 10.2. The highest BCUT2D eigenvalue weighted by atomic mass is 16.2. The summed E-state index contributed by atoms with van der Waals surface area (Å²) in [6.07, 6.45) is 4.54. The van der Waals surface area contributed by atoms with Gasteiger partial charge in [0.05, 0.1) is 11.9 Å². The second kappa shape index (κ2) is 7.02. The summed E-state index contributed by atoms with van der Waals surface area (Å²) >= 11 is 0. The lowest BCUT2D eigenvalue weighted by molar-refractivity contribution is -0.135. The number of hydrogen-bond acceptors (Lipinski definition) is 4. The number of carbonyl (C=O) groups excluding carboxylic acids is 1. The molecule has 0 bridgehead atoms. The van der Waals surface area contributed by atoms with Crippen molar-refractivity contribution in [2.75, 3.05) is 6.54 Å². The third-order valence-electron chi connectivity index (χ3n) is 3.72. The molecule has 6 nitrogen and oxygen atoms in total. The van der Waals surface area contributed by atoms with Crippen LogP contribution in [0.4, 0.5) is 0 Å². The SMILES string of the molecule is CC(C)N(C(=O)Cn1cc(CNCC2CC2)nn1)C(C)C.